The van der Waals surface area contributed by atoms with Crippen molar-refractivity contribution in [3.63, 3.8) is 0 Å². The van der Waals surface area contributed by atoms with Crippen LogP contribution >= 0.6 is 0 Å². The highest BCUT2D eigenvalue weighted by molar-refractivity contribution is 5.76. The molecule has 2 aromatic heterocycles. The molecule has 51 heavy (non-hydrogen) atoms. The van der Waals surface area contributed by atoms with Gasteiger partial charge in [-0.25, -0.2) is 18.7 Å². The Bertz CT molecular complexity index is 2170. The van der Waals surface area contributed by atoms with Gasteiger partial charge in [-0.05, 0) is 92.1 Å². The van der Waals surface area contributed by atoms with E-state index in [0.717, 1.165) is 68.5 Å². The van der Waals surface area contributed by atoms with E-state index in [0.29, 0.717) is 36.7 Å². The van der Waals surface area contributed by atoms with Gasteiger partial charge in [0, 0.05) is 57.4 Å². The Morgan fingerprint density at radius 2 is 1.63 bits per heavy atom. The van der Waals surface area contributed by atoms with Crippen LogP contribution in [0.15, 0.2) is 94.6 Å². The topological polar surface area (TPSA) is 99.2 Å². The van der Waals surface area contributed by atoms with Gasteiger partial charge in [-0.2, -0.15) is 5.26 Å². The molecule has 0 bridgehead atoms. The summed E-state index contributed by atoms with van der Waals surface area (Å²) in [5, 5.41) is 12.9. The highest BCUT2D eigenvalue weighted by atomic mass is 19.1. The standard InChI is InChI=1S/C41H44FN7O2/c1-28(2)47-19-17-46(18-20-47)27-29-9-11-32(12-10-29)33-7-4-8-37(22-33)48-39-38(23-34(42)26-45-39)40(50)49(41(48)51)36-15-13-35(14-16-36)44-25-31-6-3-5-30(21-31)24-43/h3-12,21-23,26,28,35-36,44H,13-20,25,27H2,1-2H3. The fourth-order valence-electron chi connectivity index (χ4n) is 7.61. The number of aromatic nitrogens is 3. The SMILES string of the molecule is CC(C)N1CCN(Cc2ccc(-c3cccc(-n4c(=O)n(C5CCC(NCc6cccc(C#N)c6)CC5)c(=O)c5cc(F)cnc54)c3)cc2)CC1. The highest BCUT2D eigenvalue weighted by Gasteiger charge is 2.27. The minimum atomic E-state index is -0.625. The highest BCUT2D eigenvalue weighted by Crippen LogP contribution is 2.29. The Labute approximate surface area is 297 Å². The largest absolute Gasteiger partial charge is 0.337 e. The molecule has 3 aromatic carbocycles. The third kappa shape index (κ3) is 7.57. The minimum absolute atomic E-state index is 0.0798. The quantitative estimate of drug-likeness (QED) is 0.203. The van der Waals surface area contributed by atoms with Crippen LogP contribution in [-0.2, 0) is 13.1 Å². The van der Waals surface area contributed by atoms with Gasteiger partial charge < -0.3 is 5.32 Å². The van der Waals surface area contributed by atoms with E-state index < -0.39 is 17.1 Å². The number of hydrogen-bond donors (Lipinski definition) is 1. The third-order valence-corrected chi connectivity index (χ3v) is 10.5. The number of fused-ring (bicyclic) bond motifs is 1. The molecule has 7 rings (SSSR count). The lowest BCUT2D eigenvalue weighted by Crippen LogP contribution is -2.48. The Morgan fingerprint density at radius 3 is 2.35 bits per heavy atom. The van der Waals surface area contributed by atoms with Crippen LogP contribution in [0.1, 0.15) is 62.3 Å². The van der Waals surface area contributed by atoms with Gasteiger partial charge in [0.2, 0.25) is 0 Å². The number of nitriles is 1. The van der Waals surface area contributed by atoms with Crippen LogP contribution in [0, 0.1) is 17.1 Å². The van der Waals surface area contributed by atoms with Gasteiger partial charge in [-0.3, -0.25) is 19.2 Å². The fraction of sp³-hybridized carbons (Fsp3) is 0.366. The fourth-order valence-corrected chi connectivity index (χ4v) is 7.61. The lowest BCUT2D eigenvalue weighted by atomic mass is 9.90. The van der Waals surface area contributed by atoms with Gasteiger partial charge in [0.05, 0.1) is 28.9 Å². The van der Waals surface area contributed by atoms with Gasteiger partial charge in [0.1, 0.15) is 5.82 Å². The normalized spacial score (nSPS) is 18.6. The molecule has 1 N–H and O–H groups in total. The van der Waals surface area contributed by atoms with Crippen LogP contribution in [0.25, 0.3) is 27.8 Å². The number of halogens is 1. The molecule has 0 unspecified atom stereocenters. The first kappa shape index (κ1) is 34.5. The predicted octanol–water partition coefficient (Wildman–Crippen LogP) is 6.02. The number of benzene rings is 3. The van der Waals surface area contributed by atoms with Gasteiger partial charge in [0.15, 0.2) is 5.65 Å². The smallest absolute Gasteiger partial charge is 0.310 e. The van der Waals surface area contributed by atoms with Gasteiger partial charge >= 0.3 is 5.69 Å². The second kappa shape index (κ2) is 15.1. The predicted molar refractivity (Wildman–Crippen MR) is 198 cm³/mol. The van der Waals surface area contributed by atoms with Crippen molar-refractivity contribution in [2.75, 3.05) is 26.2 Å². The first-order valence-corrected chi connectivity index (χ1v) is 18.0. The van der Waals surface area contributed by atoms with E-state index in [-0.39, 0.29) is 23.1 Å². The average Bonchev–Trinajstić information content (AvgIpc) is 3.15. The first-order chi connectivity index (χ1) is 24.8. The maximum Gasteiger partial charge on any atom is 0.337 e. The molecular weight excluding hydrogens is 641 g/mol. The molecule has 0 radical (unpaired) electrons. The summed E-state index contributed by atoms with van der Waals surface area (Å²) < 4.78 is 17.3. The molecule has 0 amide bonds. The molecule has 1 aliphatic heterocycles. The molecule has 1 aliphatic carbocycles. The van der Waals surface area contributed by atoms with Gasteiger partial charge in [-0.15, -0.1) is 0 Å². The van der Waals surface area contributed by atoms with E-state index in [4.69, 9.17) is 0 Å². The molecule has 0 atom stereocenters. The summed E-state index contributed by atoms with van der Waals surface area (Å²) in [5.74, 6) is -0.625. The van der Waals surface area contributed by atoms with Crippen molar-refractivity contribution < 1.29 is 4.39 Å². The molecule has 1 saturated carbocycles. The second-order valence-electron chi connectivity index (χ2n) is 14.2. The zero-order valence-corrected chi connectivity index (χ0v) is 29.3. The van der Waals surface area contributed by atoms with Crippen molar-refractivity contribution >= 4 is 11.0 Å². The van der Waals surface area contributed by atoms with Crippen molar-refractivity contribution in [3.05, 3.63) is 128 Å². The average molecular weight is 686 g/mol. The van der Waals surface area contributed by atoms with E-state index in [1.807, 2.05) is 42.5 Å². The summed E-state index contributed by atoms with van der Waals surface area (Å²) >= 11 is 0. The van der Waals surface area contributed by atoms with Crippen molar-refractivity contribution in [2.45, 2.75) is 70.7 Å². The molecule has 5 aromatic rings. The Morgan fingerprint density at radius 1 is 0.882 bits per heavy atom. The number of piperazine rings is 1. The zero-order valence-electron chi connectivity index (χ0n) is 29.3. The number of rotatable bonds is 9. The molecule has 1 saturated heterocycles. The first-order valence-electron chi connectivity index (χ1n) is 18.0. The molecule has 2 fully saturated rings. The van der Waals surface area contributed by atoms with E-state index in [9.17, 15) is 19.2 Å². The van der Waals surface area contributed by atoms with E-state index in [1.54, 1.807) is 6.07 Å². The van der Waals surface area contributed by atoms with E-state index in [2.05, 4.69) is 64.3 Å². The van der Waals surface area contributed by atoms with Crippen LogP contribution in [0.3, 0.4) is 0 Å². The number of nitrogens with zero attached hydrogens (tertiary/aromatic N) is 6. The van der Waals surface area contributed by atoms with Crippen LogP contribution in [0.4, 0.5) is 4.39 Å². The molecule has 2 aliphatic rings. The van der Waals surface area contributed by atoms with E-state index >= 15 is 0 Å². The number of pyridine rings is 1. The van der Waals surface area contributed by atoms with Crippen molar-refractivity contribution in [2.24, 2.45) is 0 Å². The van der Waals surface area contributed by atoms with E-state index in [1.165, 1.54) is 20.8 Å². The van der Waals surface area contributed by atoms with Crippen LogP contribution in [0.2, 0.25) is 0 Å². The molecular formula is C41H44FN7O2. The Hall–Kier alpha value is -4.95. The van der Waals surface area contributed by atoms with Crippen molar-refractivity contribution in [1.29, 1.82) is 5.26 Å². The Kier molecular flexibility index (Phi) is 10.2. The van der Waals surface area contributed by atoms with Crippen molar-refractivity contribution in [1.82, 2.24) is 29.2 Å². The van der Waals surface area contributed by atoms with Crippen LogP contribution in [0.5, 0.6) is 0 Å². The summed E-state index contributed by atoms with van der Waals surface area (Å²) in [7, 11) is 0. The number of hydrogen-bond acceptors (Lipinski definition) is 7. The number of nitrogens with one attached hydrogen (secondary N) is 1. The molecule has 10 heteroatoms. The summed E-state index contributed by atoms with van der Waals surface area (Å²) in [6, 6.07) is 27.6. The monoisotopic (exact) mass is 685 g/mol. The molecule has 3 heterocycles. The minimum Gasteiger partial charge on any atom is -0.310 e. The summed E-state index contributed by atoms with van der Waals surface area (Å²) in [4.78, 5) is 37.4. The lowest BCUT2D eigenvalue weighted by Gasteiger charge is -2.36. The third-order valence-electron chi connectivity index (χ3n) is 10.5. The maximum atomic E-state index is 14.5. The van der Waals surface area contributed by atoms with Crippen LogP contribution in [-0.4, -0.2) is 62.2 Å². The van der Waals surface area contributed by atoms with Gasteiger partial charge in [-0.1, -0.05) is 48.5 Å². The second-order valence-corrected chi connectivity index (χ2v) is 14.2. The molecule has 0 spiro atoms. The lowest BCUT2D eigenvalue weighted by molar-refractivity contribution is 0.104. The van der Waals surface area contributed by atoms with Gasteiger partial charge in [0.25, 0.3) is 5.56 Å². The summed E-state index contributed by atoms with van der Waals surface area (Å²) in [5.41, 5.74) is 4.58. The maximum absolute atomic E-state index is 14.5. The van der Waals surface area contributed by atoms with Crippen LogP contribution < -0.4 is 16.6 Å². The molecule has 9 nitrogen and oxygen atoms in total. The summed E-state index contributed by atoms with van der Waals surface area (Å²) in [6.45, 7) is 10.3. The van der Waals surface area contributed by atoms with Crippen molar-refractivity contribution in [3.8, 4) is 22.9 Å². The zero-order chi connectivity index (χ0) is 35.5. The Balaban J connectivity index is 1.12. The summed E-state index contributed by atoms with van der Waals surface area (Å²) in [6.07, 6.45) is 3.84. The molecule has 262 valence electrons.